The lowest BCUT2D eigenvalue weighted by molar-refractivity contribution is 1.80. The van der Waals surface area contributed by atoms with Gasteiger partial charge >= 0.3 is 0 Å². The average molecular weight is 241 g/mol. The van der Waals surface area contributed by atoms with Crippen LogP contribution in [0, 0.1) is 0 Å². The Morgan fingerprint density at radius 3 is 2.11 bits per heavy atom. The van der Waals surface area contributed by atoms with Crippen LogP contribution in [-0.4, -0.2) is 0 Å². The zero-order valence-electron chi connectivity index (χ0n) is 10.3. The van der Waals surface area contributed by atoms with Crippen molar-refractivity contribution in [2.45, 2.75) is 0 Å². The molecule has 0 radical (unpaired) electrons. The number of hydrogen-bond acceptors (Lipinski definition) is 1. The number of hydrogen-bond donors (Lipinski definition) is 1. The summed E-state index contributed by atoms with van der Waals surface area (Å²) < 4.78 is 0. The Bertz CT molecular complexity index is 983. The lowest BCUT2D eigenvalue weighted by Gasteiger charge is -2.06. The molecule has 0 fully saturated rings. The van der Waals surface area contributed by atoms with Crippen molar-refractivity contribution in [1.29, 1.82) is 0 Å². The van der Waals surface area contributed by atoms with E-state index in [0.717, 1.165) is 0 Å². The molecule has 1 aliphatic heterocycles. The highest BCUT2D eigenvalue weighted by molar-refractivity contribution is 6.32. The van der Waals surface area contributed by atoms with Gasteiger partial charge in [0.2, 0.25) is 0 Å². The maximum atomic E-state index is 3.44. The summed E-state index contributed by atoms with van der Waals surface area (Å²) in [5.74, 6) is 0. The molecule has 0 amide bonds. The topological polar surface area (TPSA) is 21.9 Å². The van der Waals surface area contributed by atoms with Crippen LogP contribution in [0.25, 0.3) is 32.3 Å². The Morgan fingerprint density at radius 2 is 1.21 bits per heavy atom. The van der Waals surface area contributed by atoms with Gasteiger partial charge in [-0.3, -0.25) is 0 Å². The summed E-state index contributed by atoms with van der Waals surface area (Å²) in [4.78, 5) is 0. The van der Waals surface area contributed by atoms with Crippen LogP contribution in [0.5, 0.6) is 0 Å². The minimum atomic E-state index is 1.30. The highest BCUT2D eigenvalue weighted by Gasteiger charge is 2.24. The van der Waals surface area contributed by atoms with Gasteiger partial charge in [0.1, 0.15) is 0 Å². The SMILES string of the molecule is c1ccc2c(c1)ccc1c3c(c4ccccc4c12)N3. The quantitative estimate of drug-likeness (QED) is 0.292. The van der Waals surface area contributed by atoms with E-state index in [2.05, 4.69) is 66.0 Å². The van der Waals surface area contributed by atoms with E-state index in [9.17, 15) is 0 Å². The number of nitrogens with one attached hydrogen (secondary N) is 1. The summed E-state index contributed by atoms with van der Waals surface area (Å²) >= 11 is 0. The first-order valence-electron chi connectivity index (χ1n) is 6.57. The third kappa shape index (κ3) is 1.10. The zero-order valence-corrected chi connectivity index (χ0v) is 10.3. The van der Waals surface area contributed by atoms with Crippen LogP contribution in [0.2, 0.25) is 0 Å². The molecule has 4 aromatic rings. The second-order valence-electron chi connectivity index (χ2n) is 5.13. The summed E-state index contributed by atoms with van der Waals surface area (Å²) in [6, 6.07) is 21.7. The second-order valence-corrected chi connectivity index (χ2v) is 5.13. The molecule has 0 aromatic heterocycles. The summed E-state index contributed by atoms with van der Waals surface area (Å²) in [6.07, 6.45) is 0. The van der Waals surface area contributed by atoms with E-state index in [1.807, 2.05) is 0 Å². The van der Waals surface area contributed by atoms with Crippen LogP contribution in [0.3, 0.4) is 0 Å². The molecule has 0 aliphatic carbocycles. The van der Waals surface area contributed by atoms with Crippen molar-refractivity contribution in [2.75, 3.05) is 5.32 Å². The molecular weight excluding hydrogens is 230 g/mol. The molecule has 1 heteroatoms. The van der Waals surface area contributed by atoms with Crippen molar-refractivity contribution < 1.29 is 0 Å². The van der Waals surface area contributed by atoms with E-state index in [0.29, 0.717) is 0 Å². The maximum Gasteiger partial charge on any atom is 0.0710 e. The normalized spacial score (nSPS) is 12.6. The van der Waals surface area contributed by atoms with Gasteiger partial charge in [-0.05, 0) is 21.5 Å². The molecule has 0 atom stereocenters. The van der Waals surface area contributed by atoms with E-state index >= 15 is 0 Å². The molecule has 0 saturated carbocycles. The van der Waals surface area contributed by atoms with Gasteiger partial charge in [0, 0.05) is 10.8 Å². The van der Waals surface area contributed by atoms with E-state index in [-0.39, 0.29) is 0 Å². The van der Waals surface area contributed by atoms with Gasteiger partial charge in [-0.2, -0.15) is 0 Å². The maximum absolute atomic E-state index is 3.44. The Balaban J connectivity index is 2.19. The van der Waals surface area contributed by atoms with Crippen molar-refractivity contribution in [1.82, 2.24) is 0 Å². The molecule has 19 heavy (non-hydrogen) atoms. The number of anilines is 2. The van der Waals surface area contributed by atoms with Crippen LogP contribution < -0.4 is 5.32 Å². The van der Waals surface area contributed by atoms with E-state index in [4.69, 9.17) is 0 Å². The lowest BCUT2D eigenvalue weighted by atomic mass is 9.97. The van der Waals surface area contributed by atoms with Crippen LogP contribution in [0.15, 0.2) is 60.7 Å². The van der Waals surface area contributed by atoms with Gasteiger partial charge in [-0.15, -0.1) is 0 Å². The molecule has 0 saturated heterocycles. The molecule has 1 nitrogen and oxygen atoms in total. The van der Waals surface area contributed by atoms with Crippen molar-refractivity contribution in [2.24, 2.45) is 0 Å². The van der Waals surface area contributed by atoms with Crippen LogP contribution in [-0.2, 0) is 0 Å². The predicted octanol–water partition coefficient (Wildman–Crippen LogP) is 5.20. The largest absolute Gasteiger partial charge is 0.351 e. The molecule has 5 rings (SSSR count). The minimum Gasteiger partial charge on any atom is -0.351 e. The molecule has 0 unspecified atom stereocenters. The smallest absolute Gasteiger partial charge is 0.0710 e. The van der Waals surface area contributed by atoms with Crippen LogP contribution in [0.4, 0.5) is 11.4 Å². The average Bonchev–Trinajstić information content (AvgIpc) is 3.27. The fourth-order valence-electron chi connectivity index (χ4n) is 3.19. The Kier molecular flexibility index (Phi) is 1.52. The molecule has 4 aromatic carbocycles. The lowest BCUT2D eigenvalue weighted by Crippen LogP contribution is -1.78. The van der Waals surface area contributed by atoms with Crippen molar-refractivity contribution in [3.05, 3.63) is 60.7 Å². The third-order valence-electron chi connectivity index (χ3n) is 4.10. The van der Waals surface area contributed by atoms with Crippen LogP contribution >= 0.6 is 0 Å². The number of benzene rings is 4. The molecular formula is C18H11N. The van der Waals surface area contributed by atoms with E-state index < -0.39 is 0 Å². The van der Waals surface area contributed by atoms with Crippen molar-refractivity contribution in [3.8, 4) is 0 Å². The summed E-state index contributed by atoms with van der Waals surface area (Å²) in [5, 5.41) is 11.5. The zero-order chi connectivity index (χ0) is 12.4. The number of rotatable bonds is 0. The Hall–Kier alpha value is -2.54. The Labute approximate surface area is 110 Å². The Morgan fingerprint density at radius 1 is 0.526 bits per heavy atom. The highest BCUT2D eigenvalue weighted by Crippen LogP contribution is 2.52. The summed E-state index contributed by atoms with van der Waals surface area (Å²) in [5.41, 5.74) is 2.61. The van der Waals surface area contributed by atoms with Gasteiger partial charge in [0.25, 0.3) is 0 Å². The van der Waals surface area contributed by atoms with Gasteiger partial charge in [0.05, 0.1) is 11.4 Å². The fourth-order valence-corrected chi connectivity index (χ4v) is 3.19. The first-order chi connectivity index (χ1) is 9.43. The minimum absolute atomic E-state index is 1.30. The fraction of sp³-hybridized carbons (Fsp3) is 0. The first-order valence-corrected chi connectivity index (χ1v) is 6.57. The monoisotopic (exact) mass is 241 g/mol. The summed E-state index contributed by atoms with van der Waals surface area (Å²) in [7, 11) is 0. The first kappa shape index (κ1) is 9.40. The van der Waals surface area contributed by atoms with Gasteiger partial charge in [-0.1, -0.05) is 60.7 Å². The molecule has 1 N–H and O–H groups in total. The summed E-state index contributed by atoms with van der Waals surface area (Å²) in [6.45, 7) is 0. The predicted molar refractivity (Wildman–Crippen MR) is 82.2 cm³/mol. The van der Waals surface area contributed by atoms with Crippen molar-refractivity contribution in [3.63, 3.8) is 0 Å². The molecule has 1 heterocycles. The van der Waals surface area contributed by atoms with Crippen LogP contribution in [0.1, 0.15) is 0 Å². The van der Waals surface area contributed by atoms with Gasteiger partial charge < -0.3 is 5.32 Å². The van der Waals surface area contributed by atoms with Crippen molar-refractivity contribution >= 4 is 43.7 Å². The van der Waals surface area contributed by atoms with Gasteiger partial charge in [0.15, 0.2) is 0 Å². The molecule has 88 valence electrons. The third-order valence-corrected chi connectivity index (χ3v) is 4.10. The van der Waals surface area contributed by atoms with Gasteiger partial charge in [-0.25, -0.2) is 0 Å². The number of fused-ring (bicyclic) bond motifs is 8. The molecule has 1 aliphatic rings. The molecule has 0 bridgehead atoms. The highest BCUT2D eigenvalue weighted by atomic mass is 15.0. The standard InChI is InChI=1S/C18H11N/c1-2-6-12-11(5-1)9-10-15-16(12)13-7-3-4-8-14(13)17-18(15)19-17/h1-10,19H. The molecule has 0 spiro atoms. The second kappa shape index (κ2) is 3.07. The van der Waals surface area contributed by atoms with E-state index in [1.54, 1.807) is 0 Å². The van der Waals surface area contributed by atoms with E-state index in [1.165, 1.54) is 43.7 Å².